The van der Waals surface area contributed by atoms with Gasteiger partial charge < -0.3 is 15.0 Å². The highest BCUT2D eigenvalue weighted by Gasteiger charge is 2.06. The fraction of sp³-hybridized carbons (Fsp3) is 0.400. The van der Waals surface area contributed by atoms with Crippen molar-refractivity contribution < 1.29 is 15.0 Å². The predicted molar refractivity (Wildman–Crippen MR) is 100 cm³/mol. The van der Waals surface area contributed by atoms with Crippen molar-refractivity contribution in [2.75, 3.05) is 40.3 Å². The first kappa shape index (κ1) is 18.8. The second-order valence-electron chi connectivity index (χ2n) is 6.44. The van der Waals surface area contributed by atoms with Gasteiger partial charge in [0.1, 0.15) is 18.8 Å². The molecule has 0 amide bonds. The normalized spacial score (nSPS) is 11.0. The summed E-state index contributed by atoms with van der Waals surface area (Å²) in [6, 6.07) is 16.3. The highest BCUT2D eigenvalue weighted by Crippen LogP contribution is 2.25. The summed E-state index contributed by atoms with van der Waals surface area (Å²) >= 11 is 6.16. The van der Waals surface area contributed by atoms with E-state index in [0.717, 1.165) is 42.3 Å². The van der Waals surface area contributed by atoms with Gasteiger partial charge in [-0.15, -0.1) is 0 Å². The fourth-order valence-electron chi connectivity index (χ4n) is 2.59. The van der Waals surface area contributed by atoms with Gasteiger partial charge in [-0.2, -0.15) is 0 Å². The maximum atomic E-state index is 6.16. The van der Waals surface area contributed by atoms with Gasteiger partial charge in [-0.25, -0.2) is 0 Å². The minimum absolute atomic E-state index is 0.745. The summed E-state index contributed by atoms with van der Waals surface area (Å²) in [6.45, 7) is 4.21. The molecule has 0 saturated heterocycles. The zero-order valence-electron chi connectivity index (χ0n) is 14.7. The second kappa shape index (κ2) is 10.3. The number of ether oxygens (including phenoxy) is 1. The molecule has 3 nitrogen and oxygen atoms in total. The monoisotopic (exact) mass is 348 g/mol. The molecule has 0 aromatic heterocycles. The van der Waals surface area contributed by atoms with Crippen molar-refractivity contribution >= 4 is 11.6 Å². The zero-order valence-corrected chi connectivity index (χ0v) is 15.5. The van der Waals surface area contributed by atoms with Crippen molar-refractivity contribution in [1.82, 2.24) is 0 Å². The molecule has 0 fully saturated rings. The number of benzene rings is 2. The number of hydrogen-bond donors (Lipinski definition) is 2. The van der Waals surface area contributed by atoms with Crippen LogP contribution < -0.4 is 15.0 Å². The molecule has 4 heteroatoms. The summed E-state index contributed by atoms with van der Waals surface area (Å²) in [6.07, 6.45) is 1.89. The van der Waals surface area contributed by atoms with Crippen LogP contribution in [0, 0.1) is 0 Å². The average molecular weight is 349 g/mol. The molecule has 0 aliphatic carbocycles. The molecule has 2 aromatic rings. The van der Waals surface area contributed by atoms with E-state index in [9.17, 15) is 0 Å². The Labute approximate surface area is 150 Å². The molecular weight excluding hydrogens is 320 g/mol. The van der Waals surface area contributed by atoms with Gasteiger partial charge in [0.25, 0.3) is 0 Å². The third-order valence-corrected chi connectivity index (χ3v) is 4.15. The largest absolute Gasteiger partial charge is 0.493 e. The SMILES string of the molecule is C[NH+](C)CC[NH2+]CCCOc1ccc(Cl)cc1Cc1ccccc1. The minimum Gasteiger partial charge on any atom is -0.493 e. The molecule has 0 aliphatic rings. The number of nitrogens with one attached hydrogen (secondary N) is 1. The maximum Gasteiger partial charge on any atom is 0.126 e. The van der Waals surface area contributed by atoms with Gasteiger partial charge in [-0.1, -0.05) is 41.9 Å². The number of halogens is 1. The number of likely N-dealkylation sites (N-methyl/N-ethyl adjacent to an activating group) is 1. The van der Waals surface area contributed by atoms with E-state index >= 15 is 0 Å². The molecule has 0 radical (unpaired) electrons. The lowest BCUT2D eigenvalue weighted by atomic mass is 10.0. The Hall–Kier alpha value is -1.55. The number of rotatable bonds is 10. The summed E-state index contributed by atoms with van der Waals surface area (Å²) in [5, 5.41) is 3.12. The lowest BCUT2D eigenvalue weighted by Gasteiger charge is -2.12. The molecule has 2 rings (SSSR count). The lowest BCUT2D eigenvalue weighted by molar-refractivity contribution is -0.874. The molecule has 0 bridgehead atoms. The molecule has 2 aromatic carbocycles. The molecule has 0 saturated carbocycles. The summed E-state index contributed by atoms with van der Waals surface area (Å²) in [7, 11) is 4.37. The Morgan fingerprint density at radius 2 is 1.83 bits per heavy atom. The van der Waals surface area contributed by atoms with Gasteiger partial charge in [0.2, 0.25) is 0 Å². The van der Waals surface area contributed by atoms with E-state index in [0.29, 0.717) is 0 Å². The first-order valence-electron chi connectivity index (χ1n) is 8.71. The molecule has 0 spiro atoms. The van der Waals surface area contributed by atoms with Crippen LogP contribution >= 0.6 is 11.6 Å². The first-order chi connectivity index (χ1) is 11.6. The van der Waals surface area contributed by atoms with Gasteiger partial charge in [-0.05, 0) is 29.3 Å². The van der Waals surface area contributed by atoms with Crippen LogP contribution in [0.5, 0.6) is 5.75 Å². The van der Waals surface area contributed by atoms with Crippen LogP contribution in [0.2, 0.25) is 5.02 Å². The minimum atomic E-state index is 0.745. The van der Waals surface area contributed by atoms with E-state index in [1.165, 1.54) is 23.6 Å². The third kappa shape index (κ3) is 6.91. The predicted octanol–water partition coefficient (Wildman–Crippen LogP) is 1.41. The Balaban J connectivity index is 1.82. The van der Waals surface area contributed by atoms with E-state index in [4.69, 9.17) is 16.3 Å². The molecule has 0 aliphatic heterocycles. The summed E-state index contributed by atoms with van der Waals surface area (Å²) in [5.41, 5.74) is 2.41. The maximum absolute atomic E-state index is 6.16. The van der Waals surface area contributed by atoms with Crippen LogP contribution in [0.1, 0.15) is 17.5 Å². The van der Waals surface area contributed by atoms with Crippen LogP contribution in [0.4, 0.5) is 0 Å². The summed E-state index contributed by atoms with van der Waals surface area (Å²) < 4.78 is 6.01. The van der Waals surface area contributed by atoms with Gasteiger partial charge in [0.15, 0.2) is 0 Å². The van der Waals surface area contributed by atoms with Gasteiger partial charge in [-0.3, -0.25) is 0 Å². The first-order valence-corrected chi connectivity index (χ1v) is 9.09. The molecule has 0 unspecified atom stereocenters. The molecule has 3 N–H and O–H groups in total. The molecular formula is C20H29ClN2O+2. The van der Waals surface area contributed by atoms with Crippen LogP contribution in [-0.2, 0) is 6.42 Å². The van der Waals surface area contributed by atoms with Crippen molar-refractivity contribution in [3.05, 3.63) is 64.7 Å². The molecule has 24 heavy (non-hydrogen) atoms. The van der Waals surface area contributed by atoms with E-state index in [-0.39, 0.29) is 0 Å². The molecule has 0 atom stereocenters. The summed E-state index contributed by atoms with van der Waals surface area (Å²) in [5.74, 6) is 0.945. The van der Waals surface area contributed by atoms with Crippen molar-refractivity contribution in [3.63, 3.8) is 0 Å². The van der Waals surface area contributed by atoms with Crippen molar-refractivity contribution in [3.8, 4) is 5.75 Å². The van der Waals surface area contributed by atoms with Gasteiger partial charge in [0, 0.05) is 17.9 Å². The molecule has 0 heterocycles. The standard InChI is InChI=1S/C20H27ClN2O/c1-23(2)13-12-22-11-6-14-24-20-10-9-19(21)16-18(20)15-17-7-4-3-5-8-17/h3-5,7-10,16,22H,6,11-15H2,1-2H3/p+2. The topological polar surface area (TPSA) is 30.3 Å². The number of nitrogens with two attached hydrogens (primary N) is 1. The van der Waals surface area contributed by atoms with Crippen molar-refractivity contribution in [2.24, 2.45) is 0 Å². The average Bonchev–Trinajstić information content (AvgIpc) is 2.56. The van der Waals surface area contributed by atoms with Crippen LogP contribution in [0.15, 0.2) is 48.5 Å². The zero-order chi connectivity index (χ0) is 17.2. The Morgan fingerprint density at radius 1 is 1.04 bits per heavy atom. The van der Waals surface area contributed by atoms with Crippen LogP contribution in [0.3, 0.4) is 0 Å². The van der Waals surface area contributed by atoms with Crippen LogP contribution in [-0.4, -0.2) is 40.3 Å². The van der Waals surface area contributed by atoms with Crippen LogP contribution in [0.25, 0.3) is 0 Å². The Kier molecular flexibility index (Phi) is 8.10. The highest BCUT2D eigenvalue weighted by molar-refractivity contribution is 6.30. The quantitative estimate of drug-likeness (QED) is 0.625. The van der Waals surface area contributed by atoms with Gasteiger partial charge in [0.05, 0.1) is 27.2 Å². The van der Waals surface area contributed by atoms with Gasteiger partial charge >= 0.3 is 0 Å². The van der Waals surface area contributed by atoms with Crippen molar-refractivity contribution in [2.45, 2.75) is 12.8 Å². The number of quaternary nitrogens is 2. The van der Waals surface area contributed by atoms with Crippen molar-refractivity contribution in [1.29, 1.82) is 0 Å². The second-order valence-corrected chi connectivity index (χ2v) is 6.88. The Bertz CT molecular complexity index is 602. The fourth-order valence-corrected chi connectivity index (χ4v) is 2.78. The lowest BCUT2D eigenvalue weighted by Crippen LogP contribution is -3.09. The third-order valence-electron chi connectivity index (χ3n) is 3.92. The summed E-state index contributed by atoms with van der Waals surface area (Å²) in [4.78, 5) is 1.49. The van der Waals surface area contributed by atoms with E-state index < -0.39 is 0 Å². The smallest absolute Gasteiger partial charge is 0.126 e. The van der Waals surface area contributed by atoms with E-state index in [2.05, 4.69) is 43.7 Å². The highest BCUT2D eigenvalue weighted by atomic mass is 35.5. The number of hydrogen-bond acceptors (Lipinski definition) is 1. The van der Waals surface area contributed by atoms with E-state index in [1.807, 2.05) is 24.3 Å². The molecule has 130 valence electrons. The van der Waals surface area contributed by atoms with E-state index in [1.54, 1.807) is 0 Å². The Morgan fingerprint density at radius 3 is 2.58 bits per heavy atom.